The number of rotatable bonds is 5. The summed E-state index contributed by atoms with van der Waals surface area (Å²) in [7, 11) is 1.45. The standard InChI is InChI=1S/C25H26N2O6.C2HF3O2/c1-32-23-13-18-16(4-2-5-21(18)29)12-19(23)25(31)33-22-6-3-11-26-14-20(22)27-24(30)15-7-9-17(28)10-8-15;3-2(4,5)1(6)7/h2,4-5,7-10,12-13,20,22,26,28-29H,3,6,11,14H2,1H3,(H,27,30);(H,6,7)/t20-,22-;/m1./s1. The van der Waals surface area contributed by atoms with Crippen molar-refractivity contribution in [1.82, 2.24) is 10.6 Å². The van der Waals surface area contributed by atoms with Crippen molar-refractivity contribution in [2.45, 2.75) is 31.2 Å². The Morgan fingerprint density at radius 2 is 1.73 bits per heavy atom. The molecule has 3 aromatic rings. The molecule has 0 aliphatic carbocycles. The van der Waals surface area contributed by atoms with Crippen molar-refractivity contribution in [2.75, 3.05) is 20.2 Å². The lowest BCUT2D eigenvalue weighted by atomic mass is 10.0. The van der Waals surface area contributed by atoms with Crippen LogP contribution in [0, 0.1) is 0 Å². The van der Waals surface area contributed by atoms with Gasteiger partial charge in [-0.2, -0.15) is 13.2 Å². The van der Waals surface area contributed by atoms with E-state index in [0.717, 1.165) is 13.0 Å². The van der Waals surface area contributed by atoms with Crippen LogP contribution in [0.2, 0.25) is 0 Å². The lowest BCUT2D eigenvalue weighted by Gasteiger charge is -2.26. The second-order valence-corrected chi connectivity index (χ2v) is 8.77. The van der Waals surface area contributed by atoms with Gasteiger partial charge in [0.05, 0.1) is 13.2 Å². The number of benzene rings is 3. The highest BCUT2D eigenvalue weighted by atomic mass is 19.4. The number of phenols is 2. The highest BCUT2D eigenvalue weighted by molar-refractivity contribution is 6.00. The first kappa shape index (κ1) is 30.0. The largest absolute Gasteiger partial charge is 0.508 e. The Morgan fingerprint density at radius 3 is 2.35 bits per heavy atom. The van der Waals surface area contributed by atoms with E-state index in [-0.39, 0.29) is 23.0 Å². The minimum absolute atomic E-state index is 0.0761. The molecule has 1 heterocycles. The second-order valence-electron chi connectivity index (χ2n) is 8.77. The average Bonchev–Trinajstić information content (AvgIpc) is 3.13. The third kappa shape index (κ3) is 7.76. The number of hydrogen-bond acceptors (Lipinski definition) is 8. The molecule has 0 aromatic heterocycles. The van der Waals surface area contributed by atoms with Crippen LogP contribution < -0.4 is 15.4 Å². The highest BCUT2D eigenvalue weighted by Crippen LogP contribution is 2.32. The quantitative estimate of drug-likeness (QED) is 0.293. The van der Waals surface area contributed by atoms with E-state index in [4.69, 9.17) is 19.4 Å². The zero-order valence-corrected chi connectivity index (χ0v) is 21.2. The van der Waals surface area contributed by atoms with E-state index in [1.807, 2.05) is 0 Å². The number of halogens is 3. The molecule has 1 saturated heterocycles. The molecule has 0 bridgehead atoms. The lowest BCUT2D eigenvalue weighted by molar-refractivity contribution is -0.192. The average molecular weight is 565 g/mol. The van der Waals surface area contributed by atoms with Crippen molar-refractivity contribution in [1.29, 1.82) is 0 Å². The molecule has 4 rings (SSSR count). The van der Waals surface area contributed by atoms with Crippen molar-refractivity contribution in [3.63, 3.8) is 0 Å². The monoisotopic (exact) mass is 564 g/mol. The number of fused-ring (bicyclic) bond motifs is 1. The molecule has 1 aliphatic rings. The van der Waals surface area contributed by atoms with Crippen molar-refractivity contribution >= 4 is 28.6 Å². The van der Waals surface area contributed by atoms with E-state index < -0.39 is 30.3 Å². The first-order valence-electron chi connectivity index (χ1n) is 12.0. The Kier molecular flexibility index (Phi) is 9.78. The van der Waals surface area contributed by atoms with Gasteiger partial charge in [-0.15, -0.1) is 0 Å². The summed E-state index contributed by atoms with van der Waals surface area (Å²) in [5.74, 6) is -3.17. The normalized spacial score (nSPS) is 17.1. The van der Waals surface area contributed by atoms with Crippen LogP contribution in [0.3, 0.4) is 0 Å². The molecule has 214 valence electrons. The summed E-state index contributed by atoms with van der Waals surface area (Å²) in [6.07, 6.45) is -4.26. The number of nitrogens with one attached hydrogen (secondary N) is 2. The fourth-order valence-corrected chi connectivity index (χ4v) is 3.99. The van der Waals surface area contributed by atoms with Gasteiger partial charge in [-0.05, 0) is 67.2 Å². The second kappa shape index (κ2) is 13.0. The van der Waals surface area contributed by atoms with E-state index in [1.165, 1.54) is 31.4 Å². The van der Waals surface area contributed by atoms with Crippen LogP contribution in [-0.4, -0.2) is 71.7 Å². The minimum Gasteiger partial charge on any atom is -0.508 e. The zero-order valence-electron chi connectivity index (χ0n) is 21.2. The maximum atomic E-state index is 13.1. The minimum atomic E-state index is -5.08. The maximum absolute atomic E-state index is 13.1. The smallest absolute Gasteiger partial charge is 0.490 e. The van der Waals surface area contributed by atoms with Gasteiger partial charge in [0.15, 0.2) is 0 Å². The van der Waals surface area contributed by atoms with Gasteiger partial charge in [-0.3, -0.25) is 4.79 Å². The Morgan fingerprint density at radius 1 is 1.05 bits per heavy atom. The molecule has 10 nitrogen and oxygen atoms in total. The molecule has 1 fully saturated rings. The lowest BCUT2D eigenvalue weighted by Crippen LogP contribution is -2.49. The van der Waals surface area contributed by atoms with E-state index in [1.54, 1.807) is 30.3 Å². The molecule has 0 radical (unpaired) electrons. The van der Waals surface area contributed by atoms with Crippen molar-refractivity contribution in [3.8, 4) is 17.2 Å². The SMILES string of the molecule is COc1cc2c(O)cccc2cc1C(=O)O[C@@H]1CCCNC[C@H]1NC(=O)c1ccc(O)cc1.O=C(O)C(F)(F)F. The van der Waals surface area contributed by atoms with Crippen molar-refractivity contribution in [2.24, 2.45) is 0 Å². The van der Waals surface area contributed by atoms with Crippen molar-refractivity contribution < 1.29 is 52.3 Å². The number of carbonyl (C=O) groups excluding carboxylic acids is 2. The molecular formula is C27H27F3N2O8. The number of amides is 1. The summed E-state index contributed by atoms with van der Waals surface area (Å²) in [4.78, 5) is 34.8. The fourth-order valence-electron chi connectivity index (χ4n) is 3.99. The molecule has 3 aromatic carbocycles. The van der Waals surface area contributed by atoms with E-state index in [2.05, 4.69) is 10.6 Å². The van der Waals surface area contributed by atoms with Crippen LogP contribution in [-0.2, 0) is 9.53 Å². The number of carbonyl (C=O) groups is 3. The van der Waals surface area contributed by atoms with Gasteiger partial charge >= 0.3 is 18.1 Å². The number of aliphatic carboxylic acids is 1. The van der Waals surface area contributed by atoms with E-state index >= 15 is 0 Å². The van der Waals surface area contributed by atoms with Crippen LogP contribution in [0.4, 0.5) is 13.2 Å². The summed E-state index contributed by atoms with van der Waals surface area (Å²) in [6.45, 7) is 1.20. The van der Waals surface area contributed by atoms with Gasteiger partial charge in [-0.25, -0.2) is 9.59 Å². The van der Waals surface area contributed by atoms with Crippen LogP contribution in [0.5, 0.6) is 17.2 Å². The van der Waals surface area contributed by atoms with Crippen LogP contribution >= 0.6 is 0 Å². The number of carboxylic acids is 1. The number of carboxylic acid groups (broad SMARTS) is 1. The number of hydrogen-bond donors (Lipinski definition) is 5. The van der Waals surface area contributed by atoms with Crippen LogP contribution in [0.25, 0.3) is 10.8 Å². The Hall–Kier alpha value is -4.52. The molecule has 2 atom stereocenters. The number of ether oxygens (including phenoxy) is 2. The molecule has 40 heavy (non-hydrogen) atoms. The number of aromatic hydroxyl groups is 2. The third-order valence-electron chi connectivity index (χ3n) is 6.00. The maximum Gasteiger partial charge on any atom is 0.490 e. The van der Waals surface area contributed by atoms with Gasteiger partial charge < -0.3 is 35.4 Å². The van der Waals surface area contributed by atoms with E-state index in [9.17, 15) is 33.0 Å². The third-order valence-corrected chi connectivity index (χ3v) is 6.00. The van der Waals surface area contributed by atoms with E-state index in [0.29, 0.717) is 35.1 Å². The molecule has 1 amide bonds. The molecule has 13 heteroatoms. The first-order chi connectivity index (χ1) is 18.9. The van der Waals surface area contributed by atoms with Crippen LogP contribution in [0.1, 0.15) is 33.6 Å². The topological polar surface area (TPSA) is 154 Å². The Bertz CT molecular complexity index is 1360. The van der Waals surface area contributed by atoms with Gasteiger partial charge in [0, 0.05) is 17.5 Å². The number of alkyl halides is 3. The zero-order chi connectivity index (χ0) is 29.4. The van der Waals surface area contributed by atoms with Gasteiger partial charge in [0.25, 0.3) is 5.91 Å². The molecule has 0 saturated carbocycles. The molecule has 0 spiro atoms. The number of methoxy groups -OCH3 is 1. The summed E-state index contributed by atoms with van der Waals surface area (Å²) >= 11 is 0. The predicted octanol–water partition coefficient (Wildman–Crippen LogP) is 3.60. The molecule has 1 aliphatic heterocycles. The number of phenolic OH excluding ortho intramolecular Hbond substituents is 2. The Balaban J connectivity index is 0.000000559. The number of esters is 1. The van der Waals surface area contributed by atoms with Crippen molar-refractivity contribution in [3.05, 3.63) is 65.7 Å². The summed E-state index contributed by atoms with van der Waals surface area (Å²) in [5, 5.41) is 34.1. The Labute approximate surface area is 226 Å². The first-order valence-corrected chi connectivity index (χ1v) is 12.0. The van der Waals surface area contributed by atoms with Gasteiger partial charge in [-0.1, -0.05) is 12.1 Å². The molecular weight excluding hydrogens is 537 g/mol. The predicted molar refractivity (Wildman–Crippen MR) is 137 cm³/mol. The molecule has 5 N–H and O–H groups in total. The summed E-state index contributed by atoms with van der Waals surface area (Å²) in [6, 6.07) is 13.8. The summed E-state index contributed by atoms with van der Waals surface area (Å²) in [5.41, 5.74) is 0.648. The van der Waals surface area contributed by atoms with Gasteiger partial charge in [0.1, 0.15) is 28.9 Å². The summed E-state index contributed by atoms with van der Waals surface area (Å²) < 4.78 is 43.0. The van der Waals surface area contributed by atoms with Gasteiger partial charge in [0.2, 0.25) is 0 Å². The molecule has 0 unspecified atom stereocenters. The highest BCUT2D eigenvalue weighted by Gasteiger charge is 2.38. The van der Waals surface area contributed by atoms with Crippen LogP contribution in [0.15, 0.2) is 54.6 Å². The fraction of sp³-hybridized carbons (Fsp3) is 0.296.